The van der Waals surface area contributed by atoms with E-state index in [0.717, 1.165) is 0 Å². The van der Waals surface area contributed by atoms with Gasteiger partial charge in [0.2, 0.25) is 0 Å². The third-order valence-electron chi connectivity index (χ3n) is 2.00. The van der Waals surface area contributed by atoms with Gasteiger partial charge in [-0.1, -0.05) is 22.0 Å². The topological polar surface area (TPSA) is 50.8 Å². The van der Waals surface area contributed by atoms with E-state index in [4.69, 9.17) is 10.5 Å². The van der Waals surface area contributed by atoms with Crippen LogP contribution >= 0.6 is 15.9 Å². The molecule has 0 amide bonds. The van der Waals surface area contributed by atoms with Crippen LogP contribution in [0.1, 0.15) is 5.56 Å². The van der Waals surface area contributed by atoms with E-state index in [1.807, 2.05) is 12.1 Å². The Morgan fingerprint density at radius 1 is 1.25 bits per heavy atom. The summed E-state index contributed by atoms with van der Waals surface area (Å²) in [6, 6.07) is 8.63. The zero-order valence-electron chi connectivity index (χ0n) is 8.45. The van der Waals surface area contributed by atoms with Crippen LogP contribution in [0.3, 0.4) is 0 Å². The highest BCUT2D eigenvalue weighted by Gasteiger charge is 2.08. The third kappa shape index (κ3) is 3.62. The molecule has 0 aliphatic heterocycles. The van der Waals surface area contributed by atoms with E-state index >= 15 is 0 Å². The number of hydrogen-bond donors (Lipinski definition) is 0. The molecule has 0 radical (unpaired) electrons. The Hall–Kier alpha value is -1.43. The Morgan fingerprint density at radius 2 is 1.88 bits per heavy atom. The van der Waals surface area contributed by atoms with E-state index in [1.165, 1.54) is 6.07 Å². The monoisotopic (exact) mass is 281 g/mol. The van der Waals surface area contributed by atoms with Crippen LogP contribution in [-0.4, -0.2) is 18.0 Å². The van der Waals surface area contributed by atoms with Crippen LogP contribution in [0.25, 0.3) is 0 Å². The van der Waals surface area contributed by atoms with Gasteiger partial charge in [0.1, 0.15) is 5.82 Å². The lowest BCUT2D eigenvalue weighted by molar-refractivity contribution is 0.328. The fourth-order valence-corrected chi connectivity index (χ4v) is 1.59. The summed E-state index contributed by atoms with van der Waals surface area (Å²) in [4.78, 5) is 1.58. The smallest absolute Gasteiger partial charge is 0.128 e. The van der Waals surface area contributed by atoms with Crippen LogP contribution < -0.4 is 0 Å². The Labute approximate surface area is 102 Å². The SMILES string of the molecule is N#CCN(CC#N)Cc1ccc(Br)cc1F. The van der Waals surface area contributed by atoms with Crippen molar-refractivity contribution in [1.29, 1.82) is 10.5 Å². The first kappa shape index (κ1) is 12.6. The molecule has 82 valence electrons. The quantitative estimate of drug-likeness (QED) is 0.797. The highest BCUT2D eigenvalue weighted by atomic mass is 79.9. The standard InChI is InChI=1S/C11H9BrFN3/c12-10-2-1-9(11(13)7-10)8-16(5-3-14)6-4-15/h1-2,7H,5-6,8H2. The molecule has 16 heavy (non-hydrogen) atoms. The molecule has 0 saturated carbocycles. The van der Waals surface area contributed by atoms with Gasteiger partial charge in [0, 0.05) is 16.6 Å². The van der Waals surface area contributed by atoms with Crippen molar-refractivity contribution < 1.29 is 4.39 Å². The molecule has 1 aromatic carbocycles. The predicted octanol–water partition coefficient (Wildman–Crippen LogP) is 2.44. The summed E-state index contributed by atoms with van der Waals surface area (Å²) in [6.07, 6.45) is 0. The first-order chi connectivity index (χ1) is 7.67. The first-order valence-corrected chi connectivity index (χ1v) is 5.37. The summed E-state index contributed by atoms with van der Waals surface area (Å²) < 4.78 is 14.1. The molecule has 0 N–H and O–H groups in total. The van der Waals surface area contributed by atoms with Gasteiger partial charge in [0.05, 0.1) is 25.2 Å². The molecule has 1 rings (SSSR count). The molecule has 0 fully saturated rings. The second-order valence-corrected chi connectivity index (χ2v) is 4.11. The minimum absolute atomic E-state index is 0.114. The summed E-state index contributed by atoms with van der Waals surface area (Å²) in [5.74, 6) is -0.338. The van der Waals surface area contributed by atoms with Gasteiger partial charge in [-0.05, 0) is 12.1 Å². The van der Waals surface area contributed by atoms with E-state index in [1.54, 1.807) is 17.0 Å². The van der Waals surface area contributed by atoms with Crippen LogP contribution in [0.15, 0.2) is 22.7 Å². The van der Waals surface area contributed by atoms with Crippen molar-refractivity contribution in [2.24, 2.45) is 0 Å². The summed E-state index contributed by atoms with van der Waals surface area (Å²) in [5, 5.41) is 17.1. The number of rotatable bonds is 4. The van der Waals surface area contributed by atoms with Crippen molar-refractivity contribution in [2.75, 3.05) is 13.1 Å². The lowest BCUT2D eigenvalue weighted by atomic mass is 10.2. The third-order valence-corrected chi connectivity index (χ3v) is 2.49. The van der Waals surface area contributed by atoms with Crippen molar-refractivity contribution in [3.8, 4) is 12.1 Å². The molecule has 3 nitrogen and oxygen atoms in total. The summed E-state index contributed by atoms with van der Waals surface area (Å²) in [5.41, 5.74) is 0.480. The van der Waals surface area contributed by atoms with Crippen molar-refractivity contribution in [3.05, 3.63) is 34.1 Å². The second-order valence-electron chi connectivity index (χ2n) is 3.20. The Morgan fingerprint density at radius 3 is 2.38 bits per heavy atom. The number of nitriles is 2. The van der Waals surface area contributed by atoms with Gasteiger partial charge in [0.25, 0.3) is 0 Å². The Bertz CT molecular complexity index is 432. The average Bonchev–Trinajstić information content (AvgIpc) is 2.23. The predicted molar refractivity (Wildman–Crippen MR) is 60.6 cm³/mol. The van der Waals surface area contributed by atoms with Crippen molar-refractivity contribution in [1.82, 2.24) is 4.90 Å². The van der Waals surface area contributed by atoms with Gasteiger partial charge in [-0.25, -0.2) is 4.39 Å². The van der Waals surface area contributed by atoms with Gasteiger partial charge in [-0.3, -0.25) is 4.90 Å². The zero-order chi connectivity index (χ0) is 12.0. The fraction of sp³-hybridized carbons (Fsp3) is 0.273. The molecule has 0 spiro atoms. The second kappa shape index (κ2) is 6.22. The summed E-state index contributed by atoms with van der Waals surface area (Å²) in [6.45, 7) is 0.492. The molecule has 0 heterocycles. The normalized spacial score (nSPS) is 9.81. The maximum atomic E-state index is 13.5. The zero-order valence-corrected chi connectivity index (χ0v) is 10.0. The molecule has 1 aromatic rings. The molecule has 0 bridgehead atoms. The van der Waals surface area contributed by atoms with Gasteiger partial charge in [0.15, 0.2) is 0 Å². The fourth-order valence-electron chi connectivity index (χ4n) is 1.26. The molecular weight excluding hydrogens is 273 g/mol. The van der Waals surface area contributed by atoms with Crippen molar-refractivity contribution >= 4 is 15.9 Å². The van der Waals surface area contributed by atoms with E-state index in [-0.39, 0.29) is 25.5 Å². The van der Waals surface area contributed by atoms with E-state index in [0.29, 0.717) is 10.0 Å². The maximum absolute atomic E-state index is 13.5. The largest absolute Gasteiger partial charge is 0.273 e. The number of hydrogen-bond acceptors (Lipinski definition) is 3. The van der Waals surface area contributed by atoms with E-state index in [9.17, 15) is 4.39 Å². The first-order valence-electron chi connectivity index (χ1n) is 4.57. The molecule has 0 saturated heterocycles. The highest BCUT2D eigenvalue weighted by molar-refractivity contribution is 9.10. The molecule has 0 aromatic heterocycles. The Kier molecular flexibility index (Phi) is 4.91. The van der Waals surface area contributed by atoms with Crippen LogP contribution in [0, 0.1) is 28.5 Å². The van der Waals surface area contributed by atoms with E-state index in [2.05, 4.69) is 15.9 Å². The highest BCUT2D eigenvalue weighted by Crippen LogP contribution is 2.16. The van der Waals surface area contributed by atoms with Gasteiger partial charge in [-0.15, -0.1) is 0 Å². The number of benzene rings is 1. The lowest BCUT2D eigenvalue weighted by Gasteiger charge is -2.15. The van der Waals surface area contributed by atoms with Crippen molar-refractivity contribution in [3.63, 3.8) is 0 Å². The molecule has 5 heteroatoms. The lowest BCUT2D eigenvalue weighted by Crippen LogP contribution is -2.24. The van der Waals surface area contributed by atoms with Crippen LogP contribution in [0.2, 0.25) is 0 Å². The van der Waals surface area contributed by atoms with Crippen LogP contribution in [-0.2, 0) is 6.54 Å². The summed E-state index contributed by atoms with van der Waals surface area (Å²) >= 11 is 3.17. The number of halogens is 2. The van der Waals surface area contributed by atoms with Crippen LogP contribution in [0.4, 0.5) is 4.39 Å². The summed E-state index contributed by atoms with van der Waals surface area (Å²) in [7, 11) is 0. The number of nitrogens with zero attached hydrogens (tertiary/aromatic N) is 3. The van der Waals surface area contributed by atoms with Gasteiger partial charge < -0.3 is 0 Å². The molecule has 0 atom stereocenters. The van der Waals surface area contributed by atoms with E-state index < -0.39 is 0 Å². The maximum Gasteiger partial charge on any atom is 0.128 e. The van der Waals surface area contributed by atoms with Gasteiger partial charge >= 0.3 is 0 Å². The minimum Gasteiger partial charge on any atom is -0.273 e. The molecule has 0 unspecified atom stereocenters. The molecule has 0 aliphatic rings. The van der Waals surface area contributed by atoms with Crippen LogP contribution in [0.5, 0.6) is 0 Å². The Balaban J connectivity index is 2.78. The van der Waals surface area contributed by atoms with Gasteiger partial charge in [-0.2, -0.15) is 10.5 Å². The van der Waals surface area contributed by atoms with Crippen molar-refractivity contribution in [2.45, 2.75) is 6.54 Å². The minimum atomic E-state index is -0.338. The average molecular weight is 282 g/mol. The molecular formula is C11H9BrFN3. The molecule has 0 aliphatic carbocycles.